The maximum Gasteiger partial charge on any atom is 0.267 e. The summed E-state index contributed by atoms with van der Waals surface area (Å²) in [5, 5.41) is 1.31. The van der Waals surface area contributed by atoms with Gasteiger partial charge in [0.25, 0.3) is 5.56 Å². The van der Waals surface area contributed by atoms with Gasteiger partial charge in [0.1, 0.15) is 10.6 Å². The van der Waals surface area contributed by atoms with Crippen LogP contribution in [-0.4, -0.2) is 27.7 Å². The third-order valence-electron chi connectivity index (χ3n) is 6.07. The van der Waals surface area contributed by atoms with Crippen LogP contribution in [0.1, 0.15) is 46.1 Å². The van der Waals surface area contributed by atoms with Gasteiger partial charge in [-0.2, -0.15) is 0 Å². The van der Waals surface area contributed by atoms with Gasteiger partial charge < -0.3 is 4.74 Å². The Balaban J connectivity index is 1.52. The molecule has 34 heavy (non-hydrogen) atoms. The van der Waals surface area contributed by atoms with Gasteiger partial charge >= 0.3 is 0 Å². The highest BCUT2D eigenvalue weighted by Crippen LogP contribution is 2.35. The van der Waals surface area contributed by atoms with Gasteiger partial charge in [-0.3, -0.25) is 14.2 Å². The van der Waals surface area contributed by atoms with Gasteiger partial charge in [0.2, 0.25) is 0 Å². The fourth-order valence-corrected chi connectivity index (χ4v) is 6.53. The van der Waals surface area contributed by atoms with Crippen LogP contribution in [0.4, 0.5) is 0 Å². The molecular weight excluding hydrogens is 464 g/mol. The van der Waals surface area contributed by atoms with E-state index in [0.717, 1.165) is 52.9 Å². The maximum absolute atomic E-state index is 13.8. The zero-order valence-electron chi connectivity index (χ0n) is 19.3. The van der Waals surface area contributed by atoms with Gasteiger partial charge in [0.15, 0.2) is 10.9 Å². The standard InChI is InChI=1S/C27H26N2O3S2/c1-3-32-20-14-10-18(11-15-20)22(30)16-33-27-28-25-24(21-6-4-5-7-23(21)34-25)26(31)29(27)19-12-8-17(2)9-13-19/h8-15H,3-7,16H2,1-2H3. The van der Waals surface area contributed by atoms with Crippen molar-refractivity contribution in [1.29, 1.82) is 0 Å². The Morgan fingerprint density at radius 2 is 1.82 bits per heavy atom. The summed E-state index contributed by atoms with van der Waals surface area (Å²) in [7, 11) is 0. The quantitative estimate of drug-likeness (QED) is 0.180. The second-order valence-electron chi connectivity index (χ2n) is 8.43. The Morgan fingerprint density at radius 3 is 2.56 bits per heavy atom. The Kier molecular flexibility index (Phi) is 6.57. The van der Waals surface area contributed by atoms with Crippen LogP contribution in [0.15, 0.2) is 58.5 Å². The topological polar surface area (TPSA) is 61.2 Å². The summed E-state index contributed by atoms with van der Waals surface area (Å²) in [6, 6.07) is 15.1. The number of fused-ring (bicyclic) bond motifs is 3. The molecule has 2 aromatic carbocycles. The number of thioether (sulfide) groups is 1. The lowest BCUT2D eigenvalue weighted by molar-refractivity contribution is 0.102. The van der Waals surface area contributed by atoms with Crippen molar-refractivity contribution in [3.05, 3.63) is 80.5 Å². The van der Waals surface area contributed by atoms with Crippen molar-refractivity contribution in [1.82, 2.24) is 9.55 Å². The summed E-state index contributed by atoms with van der Waals surface area (Å²) in [5.41, 5.74) is 3.65. The minimum atomic E-state index is -0.0377. The third-order valence-corrected chi connectivity index (χ3v) is 8.19. The Labute approximate surface area is 206 Å². The molecule has 0 unspecified atom stereocenters. The molecule has 0 saturated heterocycles. The fraction of sp³-hybridized carbons (Fsp3) is 0.296. The summed E-state index contributed by atoms with van der Waals surface area (Å²) in [4.78, 5) is 33.7. The summed E-state index contributed by atoms with van der Waals surface area (Å²) in [5.74, 6) is 0.931. The number of hydrogen-bond donors (Lipinski definition) is 0. The van der Waals surface area contributed by atoms with E-state index in [0.29, 0.717) is 17.3 Å². The summed E-state index contributed by atoms with van der Waals surface area (Å²) >= 11 is 2.95. The summed E-state index contributed by atoms with van der Waals surface area (Å²) < 4.78 is 7.15. The predicted octanol–water partition coefficient (Wildman–Crippen LogP) is 6.01. The molecule has 1 aliphatic rings. The van der Waals surface area contributed by atoms with Gasteiger partial charge in [0.05, 0.1) is 23.4 Å². The van der Waals surface area contributed by atoms with Crippen molar-refractivity contribution in [2.24, 2.45) is 0 Å². The first-order valence-corrected chi connectivity index (χ1v) is 13.4. The average Bonchev–Trinajstić information content (AvgIpc) is 3.23. The molecule has 5 nitrogen and oxygen atoms in total. The van der Waals surface area contributed by atoms with E-state index >= 15 is 0 Å². The first kappa shape index (κ1) is 22.9. The summed E-state index contributed by atoms with van der Waals surface area (Å²) in [6.45, 7) is 4.53. The fourth-order valence-electron chi connectivity index (χ4n) is 4.32. The minimum absolute atomic E-state index is 0.0108. The molecule has 0 atom stereocenters. The first-order valence-electron chi connectivity index (χ1n) is 11.6. The number of rotatable bonds is 7. The number of benzene rings is 2. The molecular formula is C27H26N2O3S2. The molecule has 0 aliphatic heterocycles. The van der Waals surface area contributed by atoms with Crippen LogP contribution < -0.4 is 10.3 Å². The number of thiophene rings is 1. The second-order valence-corrected chi connectivity index (χ2v) is 10.5. The smallest absolute Gasteiger partial charge is 0.267 e. The average molecular weight is 491 g/mol. The van der Waals surface area contributed by atoms with Gasteiger partial charge in [-0.25, -0.2) is 4.98 Å². The Hall–Kier alpha value is -2.90. The van der Waals surface area contributed by atoms with E-state index in [9.17, 15) is 9.59 Å². The van der Waals surface area contributed by atoms with Crippen molar-refractivity contribution in [2.75, 3.05) is 12.4 Å². The molecule has 5 rings (SSSR count). The first-order chi connectivity index (χ1) is 16.5. The van der Waals surface area contributed by atoms with E-state index < -0.39 is 0 Å². The van der Waals surface area contributed by atoms with Gasteiger partial charge in [0, 0.05) is 10.4 Å². The number of Topliss-reactive ketones (excluding diaryl/α,β-unsaturated/α-hetero) is 1. The van der Waals surface area contributed by atoms with E-state index in [1.165, 1.54) is 22.2 Å². The number of aromatic nitrogens is 2. The number of hydrogen-bond acceptors (Lipinski definition) is 6. The maximum atomic E-state index is 13.8. The van der Waals surface area contributed by atoms with Crippen molar-refractivity contribution in [3.8, 4) is 11.4 Å². The molecule has 2 aromatic heterocycles. The van der Waals surface area contributed by atoms with E-state index in [-0.39, 0.29) is 17.1 Å². The number of aryl methyl sites for hydroxylation is 3. The second kappa shape index (κ2) is 9.76. The van der Waals surface area contributed by atoms with Gasteiger partial charge in [-0.05, 0) is 81.5 Å². The van der Waals surface area contributed by atoms with Crippen molar-refractivity contribution in [2.45, 2.75) is 44.7 Å². The molecule has 1 aliphatic carbocycles. The zero-order chi connectivity index (χ0) is 23.7. The monoisotopic (exact) mass is 490 g/mol. The number of carbonyl (C=O) groups is 1. The van der Waals surface area contributed by atoms with Crippen LogP contribution in [0, 0.1) is 6.92 Å². The van der Waals surface area contributed by atoms with Crippen LogP contribution in [-0.2, 0) is 12.8 Å². The highest BCUT2D eigenvalue weighted by molar-refractivity contribution is 7.99. The van der Waals surface area contributed by atoms with Gasteiger partial charge in [-0.1, -0.05) is 29.5 Å². The molecule has 0 spiro atoms. The van der Waals surface area contributed by atoms with Crippen molar-refractivity contribution in [3.63, 3.8) is 0 Å². The van der Waals surface area contributed by atoms with Crippen LogP contribution >= 0.6 is 23.1 Å². The van der Waals surface area contributed by atoms with Gasteiger partial charge in [-0.15, -0.1) is 11.3 Å². The molecule has 0 radical (unpaired) electrons. The predicted molar refractivity (Wildman–Crippen MR) is 139 cm³/mol. The lowest BCUT2D eigenvalue weighted by atomic mass is 9.97. The van der Waals surface area contributed by atoms with E-state index in [1.54, 1.807) is 28.0 Å². The number of carbonyl (C=O) groups excluding carboxylic acids is 1. The lowest BCUT2D eigenvalue weighted by Gasteiger charge is -2.14. The molecule has 0 amide bonds. The molecule has 4 aromatic rings. The molecule has 2 heterocycles. The van der Waals surface area contributed by atoms with Crippen LogP contribution in [0.5, 0.6) is 5.75 Å². The highest BCUT2D eigenvalue weighted by atomic mass is 32.2. The van der Waals surface area contributed by atoms with Crippen molar-refractivity contribution < 1.29 is 9.53 Å². The van der Waals surface area contributed by atoms with Crippen LogP contribution in [0.2, 0.25) is 0 Å². The molecule has 7 heteroatoms. The third kappa shape index (κ3) is 4.42. The Morgan fingerprint density at radius 1 is 1.09 bits per heavy atom. The largest absolute Gasteiger partial charge is 0.494 e. The van der Waals surface area contributed by atoms with Crippen LogP contribution in [0.25, 0.3) is 15.9 Å². The normalized spacial score (nSPS) is 13.1. The Bertz CT molecular complexity index is 1400. The van der Waals surface area contributed by atoms with E-state index in [2.05, 4.69) is 0 Å². The van der Waals surface area contributed by atoms with E-state index in [1.807, 2.05) is 50.2 Å². The molecule has 0 fully saturated rings. The highest BCUT2D eigenvalue weighted by Gasteiger charge is 2.23. The molecule has 0 N–H and O–H groups in total. The van der Waals surface area contributed by atoms with E-state index in [4.69, 9.17) is 9.72 Å². The molecule has 174 valence electrons. The SMILES string of the molecule is CCOc1ccc(C(=O)CSc2nc3sc4c(c3c(=O)n2-c2ccc(C)cc2)CCCC4)cc1. The number of ketones is 1. The van der Waals surface area contributed by atoms with Crippen LogP contribution in [0.3, 0.4) is 0 Å². The zero-order valence-corrected chi connectivity index (χ0v) is 20.9. The summed E-state index contributed by atoms with van der Waals surface area (Å²) in [6.07, 6.45) is 4.21. The van der Waals surface area contributed by atoms with Crippen molar-refractivity contribution >= 4 is 39.1 Å². The minimum Gasteiger partial charge on any atom is -0.494 e. The number of nitrogens with zero attached hydrogens (tertiary/aromatic N) is 2. The lowest BCUT2D eigenvalue weighted by Crippen LogP contribution is -2.22. The number of ether oxygens (including phenoxy) is 1. The molecule has 0 saturated carbocycles. The molecule has 0 bridgehead atoms.